The zero-order valence-electron chi connectivity index (χ0n) is 18.1. The first-order valence-corrected chi connectivity index (χ1v) is 11.5. The molecule has 172 valence electrons. The number of methoxy groups -OCH3 is 1. The average Bonchev–Trinajstić information content (AvgIpc) is 3.39. The summed E-state index contributed by atoms with van der Waals surface area (Å²) in [6.07, 6.45) is 1.75. The molecule has 2 N–H and O–H groups in total. The lowest BCUT2D eigenvalue weighted by molar-refractivity contribution is -0.118. The van der Waals surface area contributed by atoms with E-state index in [1.54, 1.807) is 60.0 Å². The summed E-state index contributed by atoms with van der Waals surface area (Å²) >= 11 is 7.63. The quantitative estimate of drug-likeness (QED) is 0.326. The summed E-state index contributed by atoms with van der Waals surface area (Å²) in [7, 11) is 1.51. The van der Waals surface area contributed by atoms with Crippen LogP contribution in [0.5, 0.6) is 11.5 Å². The number of hydrogen-bond donors (Lipinski definition) is 2. The normalized spacial score (nSPS) is 10.4. The average molecular weight is 494 g/mol. The van der Waals surface area contributed by atoms with Crippen LogP contribution in [-0.4, -0.2) is 30.5 Å². The van der Waals surface area contributed by atoms with E-state index in [0.717, 1.165) is 10.6 Å². The van der Waals surface area contributed by atoms with Gasteiger partial charge in [0.1, 0.15) is 16.5 Å². The minimum Gasteiger partial charge on any atom is -0.495 e. The van der Waals surface area contributed by atoms with Crippen molar-refractivity contribution >= 4 is 46.1 Å². The lowest BCUT2D eigenvalue weighted by atomic mass is 10.1. The highest BCUT2D eigenvalue weighted by Crippen LogP contribution is 2.27. The number of halogens is 1. The summed E-state index contributed by atoms with van der Waals surface area (Å²) < 4.78 is 10.7. The predicted molar refractivity (Wildman–Crippen MR) is 134 cm³/mol. The van der Waals surface area contributed by atoms with Crippen LogP contribution in [0.3, 0.4) is 0 Å². The maximum atomic E-state index is 12.9. The highest BCUT2D eigenvalue weighted by molar-refractivity contribution is 7.13. The van der Waals surface area contributed by atoms with Crippen molar-refractivity contribution in [2.45, 2.75) is 0 Å². The van der Waals surface area contributed by atoms with Crippen LogP contribution in [0.4, 0.5) is 11.4 Å². The van der Waals surface area contributed by atoms with Crippen LogP contribution in [0.15, 0.2) is 78.3 Å². The molecule has 34 heavy (non-hydrogen) atoms. The molecule has 2 amide bonds. The van der Waals surface area contributed by atoms with Crippen LogP contribution in [0, 0.1) is 0 Å². The minimum atomic E-state index is -0.394. The molecule has 1 aromatic heterocycles. The van der Waals surface area contributed by atoms with E-state index in [1.165, 1.54) is 7.11 Å². The van der Waals surface area contributed by atoms with Crippen LogP contribution in [0.25, 0.3) is 10.6 Å². The number of para-hydroxylation sites is 1. The van der Waals surface area contributed by atoms with E-state index in [-0.39, 0.29) is 12.5 Å². The molecule has 0 unspecified atom stereocenters. The van der Waals surface area contributed by atoms with Crippen LogP contribution in [0.2, 0.25) is 5.02 Å². The fraction of sp³-hybridized carbons (Fsp3) is 0.0800. The Hall–Kier alpha value is -3.88. The summed E-state index contributed by atoms with van der Waals surface area (Å²) in [5.41, 5.74) is 2.42. The summed E-state index contributed by atoms with van der Waals surface area (Å²) in [5, 5.41) is 8.75. The Bertz CT molecular complexity index is 1290. The summed E-state index contributed by atoms with van der Waals surface area (Å²) in [6.45, 7) is -0.281. The fourth-order valence-corrected chi connectivity index (χ4v) is 4.03. The van der Waals surface area contributed by atoms with Gasteiger partial charge < -0.3 is 20.1 Å². The first-order chi connectivity index (χ1) is 16.5. The van der Waals surface area contributed by atoms with E-state index < -0.39 is 5.91 Å². The van der Waals surface area contributed by atoms with E-state index in [4.69, 9.17) is 21.1 Å². The SMILES string of the molecule is COc1ccc(NC(=O)COc2ccccc2C(=O)Nc2ccc(-c3nccs3)cc2)cc1Cl. The van der Waals surface area contributed by atoms with Gasteiger partial charge >= 0.3 is 0 Å². The number of hydrogen-bond acceptors (Lipinski definition) is 6. The largest absolute Gasteiger partial charge is 0.495 e. The lowest BCUT2D eigenvalue weighted by Crippen LogP contribution is -2.21. The molecule has 4 aromatic rings. The number of amides is 2. The molecule has 9 heteroatoms. The third kappa shape index (κ3) is 5.72. The Morgan fingerprint density at radius 1 is 0.971 bits per heavy atom. The van der Waals surface area contributed by atoms with Gasteiger partial charge in [0.25, 0.3) is 11.8 Å². The van der Waals surface area contributed by atoms with Gasteiger partial charge in [-0.25, -0.2) is 4.98 Å². The number of nitrogens with zero attached hydrogens (tertiary/aromatic N) is 1. The Morgan fingerprint density at radius 2 is 1.74 bits per heavy atom. The van der Waals surface area contributed by atoms with Gasteiger partial charge in [0, 0.05) is 28.5 Å². The first-order valence-electron chi connectivity index (χ1n) is 10.2. The molecule has 4 rings (SSSR count). The molecule has 0 saturated heterocycles. The highest BCUT2D eigenvalue weighted by Gasteiger charge is 2.14. The van der Waals surface area contributed by atoms with E-state index >= 15 is 0 Å². The molecule has 0 saturated carbocycles. The van der Waals surface area contributed by atoms with Gasteiger partial charge in [0.15, 0.2) is 6.61 Å². The second-order valence-corrected chi connectivity index (χ2v) is 8.35. The Kier molecular flexibility index (Phi) is 7.41. The van der Waals surface area contributed by atoms with Crippen molar-refractivity contribution in [2.24, 2.45) is 0 Å². The van der Waals surface area contributed by atoms with Crippen molar-refractivity contribution in [3.05, 3.63) is 88.9 Å². The van der Waals surface area contributed by atoms with Gasteiger partial charge in [-0.3, -0.25) is 9.59 Å². The van der Waals surface area contributed by atoms with Crippen LogP contribution in [-0.2, 0) is 4.79 Å². The highest BCUT2D eigenvalue weighted by atomic mass is 35.5. The number of benzene rings is 3. The maximum Gasteiger partial charge on any atom is 0.262 e. The van der Waals surface area contributed by atoms with E-state index in [9.17, 15) is 9.59 Å². The molecule has 0 spiro atoms. The lowest BCUT2D eigenvalue weighted by Gasteiger charge is -2.12. The number of rotatable bonds is 8. The third-order valence-electron chi connectivity index (χ3n) is 4.75. The zero-order valence-corrected chi connectivity index (χ0v) is 19.7. The molecule has 0 atom stereocenters. The maximum absolute atomic E-state index is 12.9. The Labute approximate surface area is 205 Å². The van der Waals surface area contributed by atoms with Gasteiger partial charge in [-0.05, 0) is 54.6 Å². The van der Waals surface area contributed by atoms with Gasteiger partial charge in [0.2, 0.25) is 0 Å². The smallest absolute Gasteiger partial charge is 0.262 e. The standard InChI is InChI=1S/C25H20ClN3O4S/c1-32-22-11-10-18(14-20(22)26)28-23(30)15-33-21-5-3-2-4-19(21)24(31)29-17-8-6-16(7-9-17)25-27-12-13-34-25/h2-14H,15H2,1H3,(H,28,30)(H,29,31). The number of thiazole rings is 1. The first kappa shape index (κ1) is 23.3. The molecular weight excluding hydrogens is 474 g/mol. The molecule has 7 nitrogen and oxygen atoms in total. The molecule has 1 heterocycles. The van der Waals surface area contributed by atoms with Crippen molar-refractivity contribution in [3.63, 3.8) is 0 Å². The topological polar surface area (TPSA) is 89.5 Å². The van der Waals surface area contributed by atoms with Gasteiger partial charge in [-0.2, -0.15) is 0 Å². The Morgan fingerprint density at radius 3 is 2.44 bits per heavy atom. The van der Waals surface area contributed by atoms with E-state index in [1.807, 2.05) is 29.6 Å². The van der Waals surface area contributed by atoms with Crippen molar-refractivity contribution < 1.29 is 19.1 Å². The van der Waals surface area contributed by atoms with Crippen LogP contribution in [0.1, 0.15) is 10.4 Å². The van der Waals surface area contributed by atoms with Gasteiger partial charge in [0.05, 0.1) is 17.7 Å². The van der Waals surface area contributed by atoms with Crippen LogP contribution >= 0.6 is 22.9 Å². The van der Waals surface area contributed by atoms with Crippen molar-refractivity contribution in [1.29, 1.82) is 0 Å². The fourth-order valence-electron chi connectivity index (χ4n) is 3.13. The number of carbonyl (C=O) groups excluding carboxylic acids is 2. The summed E-state index contributed by atoms with van der Waals surface area (Å²) in [4.78, 5) is 29.5. The van der Waals surface area contributed by atoms with Crippen molar-refractivity contribution in [2.75, 3.05) is 24.4 Å². The second kappa shape index (κ2) is 10.8. The number of ether oxygens (including phenoxy) is 2. The predicted octanol–water partition coefficient (Wildman–Crippen LogP) is 5.74. The second-order valence-electron chi connectivity index (χ2n) is 7.05. The Balaban J connectivity index is 1.38. The van der Waals surface area contributed by atoms with E-state index in [2.05, 4.69) is 15.6 Å². The minimum absolute atomic E-state index is 0.281. The summed E-state index contributed by atoms with van der Waals surface area (Å²) in [6, 6.07) is 19.1. The molecular formula is C25H20ClN3O4S. The molecule has 0 radical (unpaired) electrons. The molecule has 0 aliphatic carbocycles. The molecule has 0 aliphatic heterocycles. The van der Waals surface area contributed by atoms with Gasteiger partial charge in [-0.15, -0.1) is 11.3 Å². The van der Waals surface area contributed by atoms with Crippen molar-refractivity contribution in [1.82, 2.24) is 4.98 Å². The summed E-state index contributed by atoms with van der Waals surface area (Å²) in [5.74, 6) is 0.0603. The number of nitrogens with one attached hydrogen (secondary N) is 2. The monoisotopic (exact) mass is 493 g/mol. The van der Waals surface area contributed by atoms with Crippen molar-refractivity contribution in [3.8, 4) is 22.1 Å². The number of aromatic nitrogens is 1. The third-order valence-corrected chi connectivity index (χ3v) is 5.87. The molecule has 0 aliphatic rings. The van der Waals surface area contributed by atoms with E-state index in [0.29, 0.717) is 33.5 Å². The molecule has 0 bridgehead atoms. The van der Waals surface area contributed by atoms with Crippen LogP contribution < -0.4 is 20.1 Å². The van der Waals surface area contributed by atoms with Gasteiger partial charge in [-0.1, -0.05) is 23.7 Å². The number of carbonyl (C=O) groups is 2. The zero-order chi connectivity index (χ0) is 23.9. The molecule has 3 aromatic carbocycles. The molecule has 0 fully saturated rings. The number of anilines is 2.